The highest BCUT2D eigenvalue weighted by atomic mass is 16.5. The van der Waals surface area contributed by atoms with Crippen LogP contribution >= 0.6 is 0 Å². The molecule has 0 aromatic heterocycles. The maximum Gasteiger partial charge on any atom is 0.253 e. The summed E-state index contributed by atoms with van der Waals surface area (Å²) in [5, 5.41) is 2.93. The topological polar surface area (TPSA) is 58.6 Å². The molecule has 1 N–H and O–H groups in total. The van der Waals surface area contributed by atoms with Gasteiger partial charge in [0.2, 0.25) is 5.91 Å². The quantitative estimate of drug-likeness (QED) is 0.872. The smallest absolute Gasteiger partial charge is 0.253 e. The van der Waals surface area contributed by atoms with Gasteiger partial charge in [0.1, 0.15) is 0 Å². The average Bonchev–Trinajstić information content (AvgIpc) is 3.09. The van der Waals surface area contributed by atoms with Crippen LogP contribution in [0.15, 0.2) is 24.3 Å². The molecule has 3 atom stereocenters. The van der Waals surface area contributed by atoms with Gasteiger partial charge in [0.15, 0.2) is 0 Å². The van der Waals surface area contributed by atoms with Gasteiger partial charge in [-0.25, -0.2) is 0 Å². The van der Waals surface area contributed by atoms with Crippen molar-refractivity contribution in [3.8, 4) is 0 Å². The molecule has 1 aromatic carbocycles. The van der Waals surface area contributed by atoms with Crippen LogP contribution in [0, 0.1) is 17.8 Å². The molecule has 24 heavy (non-hydrogen) atoms. The lowest BCUT2D eigenvalue weighted by atomic mass is 10.1. The summed E-state index contributed by atoms with van der Waals surface area (Å²) in [4.78, 5) is 26.7. The molecule has 2 fully saturated rings. The van der Waals surface area contributed by atoms with Crippen molar-refractivity contribution in [3.05, 3.63) is 29.8 Å². The van der Waals surface area contributed by atoms with Gasteiger partial charge in [0.25, 0.3) is 5.91 Å². The van der Waals surface area contributed by atoms with Crippen LogP contribution in [0.25, 0.3) is 0 Å². The fourth-order valence-corrected chi connectivity index (χ4v) is 3.23. The van der Waals surface area contributed by atoms with E-state index in [1.165, 1.54) is 0 Å². The molecule has 1 aromatic rings. The lowest BCUT2D eigenvalue weighted by Crippen LogP contribution is -2.35. The van der Waals surface area contributed by atoms with E-state index >= 15 is 0 Å². The van der Waals surface area contributed by atoms with Gasteiger partial charge in [-0.1, -0.05) is 13.0 Å². The van der Waals surface area contributed by atoms with Gasteiger partial charge >= 0.3 is 0 Å². The SMILES string of the molecule is CCN(C[C@@H]1CCOC1)C(=O)c1cccc(NC(=O)[C@@H]2C[C@@H]2C)c1. The first-order valence-corrected chi connectivity index (χ1v) is 8.86. The molecule has 5 nitrogen and oxygen atoms in total. The number of rotatable bonds is 6. The number of nitrogens with one attached hydrogen (secondary N) is 1. The molecule has 1 heterocycles. The highest BCUT2D eigenvalue weighted by Crippen LogP contribution is 2.38. The van der Waals surface area contributed by atoms with Crippen molar-refractivity contribution in [2.75, 3.05) is 31.6 Å². The Morgan fingerprint density at radius 3 is 2.79 bits per heavy atom. The fourth-order valence-electron chi connectivity index (χ4n) is 3.23. The highest BCUT2D eigenvalue weighted by molar-refractivity contribution is 5.98. The zero-order valence-electron chi connectivity index (χ0n) is 14.5. The van der Waals surface area contributed by atoms with Gasteiger partial charge in [-0.05, 0) is 43.9 Å². The minimum atomic E-state index is 0.0142. The van der Waals surface area contributed by atoms with Crippen molar-refractivity contribution in [3.63, 3.8) is 0 Å². The van der Waals surface area contributed by atoms with Crippen LogP contribution in [0.3, 0.4) is 0 Å². The lowest BCUT2D eigenvalue weighted by molar-refractivity contribution is -0.117. The summed E-state index contributed by atoms with van der Waals surface area (Å²) in [6, 6.07) is 7.25. The Labute approximate surface area is 143 Å². The molecule has 0 radical (unpaired) electrons. The summed E-state index contributed by atoms with van der Waals surface area (Å²) in [5.41, 5.74) is 1.32. The summed E-state index contributed by atoms with van der Waals surface area (Å²) in [6.45, 7) is 7.00. The molecule has 2 aliphatic rings. The van der Waals surface area contributed by atoms with Crippen molar-refractivity contribution in [2.45, 2.75) is 26.7 Å². The Morgan fingerprint density at radius 1 is 1.38 bits per heavy atom. The van der Waals surface area contributed by atoms with E-state index in [-0.39, 0.29) is 17.7 Å². The van der Waals surface area contributed by atoms with Gasteiger partial charge in [0.05, 0.1) is 6.61 Å². The Morgan fingerprint density at radius 2 is 2.17 bits per heavy atom. The number of carbonyl (C=O) groups excluding carboxylic acids is 2. The number of nitrogens with zero attached hydrogens (tertiary/aromatic N) is 1. The first-order valence-electron chi connectivity index (χ1n) is 8.86. The van der Waals surface area contributed by atoms with Crippen LogP contribution in [0.2, 0.25) is 0 Å². The summed E-state index contributed by atoms with van der Waals surface area (Å²) >= 11 is 0. The third kappa shape index (κ3) is 3.96. The zero-order chi connectivity index (χ0) is 17.1. The molecular weight excluding hydrogens is 304 g/mol. The Hall–Kier alpha value is -1.88. The monoisotopic (exact) mass is 330 g/mol. The minimum absolute atomic E-state index is 0.0142. The predicted octanol–water partition coefficient (Wildman–Crippen LogP) is 2.78. The van der Waals surface area contributed by atoms with Gasteiger partial charge in [-0.3, -0.25) is 9.59 Å². The number of amides is 2. The van der Waals surface area contributed by atoms with Gasteiger partial charge in [-0.15, -0.1) is 0 Å². The van der Waals surface area contributed by atoms with Crippen molar-refractivity contribution in [1.29, 1.82) is 0 Å². The maximum atomic E-state index is 12.8. The molecule has 1 aliphatic heterocycles. The van der Waals surface area contributed by atoms with Gasteiger partial charge < -0.3 is 15.0 Å². The van der Waals surface area contributed by atoms with Crippen molar-refractivity contribution in [2.24, 2.45) is 17.8 Å². The number of ether oxygens (including phenoxy) is 1. The summed E-state index contributed by atoms with van der Waals surface area (Å²) in [5.74, 6) is 1.09. The second-order valence-electron chi connectivity index (χ2n) is 6.96. The van der Waals surface area contributed by atoms with Crippen LogP contribution < -0.4 is 5.32 Å². The van der Waals surface area contributed by atoms with E-state index in [2.05, 4.69) is 12.2 Å². The van der Waals surface area contributed by atoms with Crippen LogP contribution in [-0.2, 0) is 9.53 Å². The zero-order valence-corrected chi connectivity index (χ0v) is 14.5. The summed E-state index contributed by atoms with van der Waals surface area (Å²) < 4.78 is 5.40. The second kappa shape index (κ2) is 7.34. The lowest BCUT2D eigenvalue weighted by Gasteiger charge is -2.24. The molecule has 0 bridgehead atoms. The van der Waals surface area contributed by atoms with Gasteiger partial charge in [0, 0.05) is 42.8 Å². The molecule has 2 amide bonds. The van der Waals surface area contributed by atoms with Crippen LogP contribution in [0.5, 0.6) is 0 Å². The predicted molar refractivity (Wildman–Crippen MR) is 92.8 cm³/mol. The fraction of sp³-hybridized carbons (Fsp3) is 0.579. The third-order valence-electron chi connectivity index (χ3n) is 4.99. The molecule has 5 heteroatoms. The van der Waals surface area contributed by atoms with Gasteiger partial charge in [-0.2, -0.15) is 0 Å². The Balaban J connectivity index is 1.64. The van der Waals surface area contributed by atoms with Crippen LogP contribution in [0.1, 0.15) is 37.0 Å². The van der Waals surface area contributed by atoms with Crippen molar-refractivity contribution < 1.29 is 14.3 Å². The Kier molecular flexibility index (Phi) is 5.19. The summed E-state index contributed by atoms with van der Waals surface area (Å²) in [7, 11) is 0. The van der Waals surface area contributed by atoms with E-state index in [1.54, 1.807) is 6.07 Å². The molecular formula is C19H26N2O3. The molecule has 0 unspecified atom stereocenters. The van der Waals surface area contributed by atoms with E-state index in [1.807, 2.05) is 30.0 Å². The van der Waals surface area contributed by atoms with E-state index in [0.717, 1.165) is 32.6 Å². The molecule has 130 valence electrons. The largest absolute Gasteiger partial charge is 0.381 e. The van der Waals surface area contributed by atoms with Crippen LogP contribution in [-0.4, -0.2) is 43.0 Å². The summed E-state index contributed by atoms with van der Waals surface area (Å²) in [6.07, 6.45) is 1.97. The number of anilines is 1. The second-order valence-corrected chi connectivity index (χ2v) is 6.96. The van der Waals surface area contributed by atoms with Crippen LogP contribution in [0.4, 0.5) is 5.69 Å². The number of carbonyl (C=O) groups is 2. The first-order chi connectivity index (χ1) is 11.6. The number of hydrogen-bond donors (Lipinski definition) is 1. The molecule has 1 saturated heterocycles. The normalized spacial score (nSPS) is 25.3. The van der Waals surface area contributed by atoms with Crippen molar-refractivity contribution in [1.82, 2.24) is 4.90 Å². The van der Waals surface area contributed by atoms with E-state index in [0.29, 0.717) is 29.6 Å². The minimum Gasteiger partial charge on any atom is -0.381 e. The third-order valence-corrected chi connectivity index (χ3v) is 4.99. The number of benzene rings is 1. The van der Waals surface area contributed by atoms with Crippen molar-refractivity contribution >= 4 is 17.5 Å². The molecule has 1 aliphatic carbocycles. The Bertz CT molecular complexity index is 610. The molecule has 3 rings (SSSR count). The average molecular weight is 330 g/mol. The molecule has 0 spiro atoms. The first kappa shape index (κ1) is 17.0. The number of hydrogen-bond acceptors (Lipinski definition) is 3. The van der Waals surface area contributed by atoms with E-state index in [9.17, 15) is 9.59 Å². The standard InChI is InChI=1S/C19H26N2O3/c1-3-21(11-14-7-8-24-12-14)19(23)15-5-4-6-16(10-15)20-18(22)17-9-13(17)2/h4-6,10,13-14,17H,3,7-9,11-12H2,1-2H3,(H,20,22)/t13-,14-,17+/m0/s1. The van der Waals surface area contributed by atoms with E-state index < -0.39 is 0 Å². The highest BCUT2D eigenvalue weighted by Gasteiger charge is 2.39. The molecule has 1 saturated carbocycles. The maximum absolute atomic E-state index is 12.8. The van der Waals surface area contributed by atoms with E-state index in [4.69, 9.17) is 4.74 Å².